The van der Waals surface area contributed by atoms with E-state index in [-0.39, 0.29) is 5.75 Å². The van der Waals surface area contributed by atoms with Gasteiger partial charge in [-0.1, -0.05) is 0 Å². The molecule has 0 saturated heterocycles. The maximum absolute atomic E-state index is 9.19. The van der Waals surface area contributed by atoms with Gasteiger partial charge in [0.25, 0.3) is 0 Å². The molecule has 3 nitrogen and oxygen atoms in total. The predicted molar refractivity (Wildman–Crippen MR) is 50.0 cm³/mol. The molecule has 0 spiro atoms. The number of fused-ring (bicyclic) bond motifs is 1. The van der Waals surface area contributed by atoms with Crippen LogP contribution in [0.25, 0.3) is 10.9 Å². The number of hydrogen-bond donors (Lipinski definition) is 1. The van der Waals surface area contributed by atoms with Gasteiger partial charge in [0.1, 0.15) is 11.5 Å². The number of ether oxygens (including phenoxy) is 1. The Balaban J connectivity index is 2.66. The molecule has 66 valence electrons. The number of phenols is 1. The zero-order valence-electron chi connectivity index (χ0n) is 7.19. The normalized spacial score (nSPS) is 10.2. The molecule has 1 aromatic heterocycles. The highest BCUT2D eigenvalue weighted by Crippen LogP contribution is 2.21. The maximum atomic E-state index is 9.19. The van der Waals surface area contributed by atoms with Crippen LogP contribution in [0.5, 0.6) is 11.5 Å². The average molecular weight is 175 g/mol. The predicted octanol–water partition coefficient (Wildman–Crippen LogP) is 1.95. The molecule has 0 aliphatic carbocycles. The summed E-state index contributed by atoms with van der Waals surface area (Å²) in [6.45, 7) is 0. The second-order valence-corrected chi connectivity index (χ2v) is 2.75. The van der Waals surface area contributed by atoms with E-state index < -0.39 is 0 Å². The van der Waals surface area contributed by atoms with Gasteiger partial charge in [-0.25, -0.2) is 0 Å². The summed E-state index contributed by atoms with van der Waals surface area (Å²) in [7, 11) is 1.60. The van der Waals surface area contributed by atoms with Crippen molar-refractivity contribution < 1.29 is 9.84 Å². The van der Waals surface area contributed by atoms with Crippen molar-refractivity contribution in [2.75, 3.05) is 7.11 Å². The summed E-state index contributed by atoms with van der Waals surface area (Å²) in [5.41, 5.74) is 0.765. The average Bonchev–Trinajstić information content (AvgIpc) is 2.17. The van der Waals surface area contributed by atoms with E-state index in [1.54, 1.807) is 31.5 Å². The van der Waals surface area contributed by atoms with Gasteiger partial charge in [0, 0.05) is 11.5 Å². The molecule has 0 fully saturated rings. The van der Waals surface area contributed by atoms with Crippen LogP contribution in [0.3, 0.4) is 0 Å². The van der Waals surface area contributed by atoms with Crippen LogP contribution in [-0.4, -0.2) is 17.2 Å². The van der Waals surface area contributed by atoms with Crippen molar-refractivity contribution in [2.24, 2.45) is 0 Å². The van der Waals surface area contributed by atoms with E-state index in [1.807, 2.05) is 6.07 Å². The highest BCUT2D eigenvalue weighted by molar-refractivity contribution is 5.80. The third kappa shape index (κ3) is 1.40. The number of aromatic hydroxyl groups is 1. The van der Waals surface area contributed by atoms with Crippen LogP contribution in [0.15, 0.2) is 30.5 Å². The van der Waals surface area contributed by atoms with Crippen LogP contribution < -0.4 is 4.74 Å². The van der Waals surface area contributed by atoms with Crippen LogP contribution in [0.4, 0.5) is 0 Å². The summed E-state index contributed by atoms with van der Waals surface area (Å²) in [5, 5.41) is 10.1. The third-order valence-corrected chi connectivity index (χ3v) is 1.88. The van der Waals surface area contributed by atoms with Crippen molar-refractivity contribution in [1.29, 1.82) is 0 Å². The first-order valence-corrected chi connectivity index (χ1v) is 3.92. The fourth-order valence-electron chi connectivity index (χ4n) is 1.20. The van der Waals surface area contributed by atoms with Gasteiger partial charge in [-0.05, 0) is 18.2 Å². The van der Waals surface area contributed by atoms with Gasteiger partial charge in [0.05, 0.1) is 18.8 Å². The molecule has 0 bridgehead atoms. The fourth-order valence-corrected chi connectivity index (χ4v) is 1.20. The molecular weight excluding hydrogens is 166 g/mol. The zero-order valence-corrected chi connectivity index (χ0v) is 7.19. The lowest BCUT2D eigenvalue weighted by Crippen LogP contribution is -1.84. The molecule has 1 heterocycles. The minimum Gasteiger partial charge on any atom is -0.508 e. The van der Waals surface area contributed by atoms with Gasteiger partial charge < -0.3 is 9.84 Å². The Morgan fingerprint density at radius 3 is 2.92 bits per heavy atom. The standard InChI is InChI=1S/C10H9NO2/c1-13-9-4-7-2-3-8(12)5-10(7)11-6-9/h2-6,12H,1H3. The number of benzene rings is 1. The summed E-state index contributed by atoms with van der Waals surface area (Å²) in [5.74, 6) is 0.948. The molecule has 0 saturated carbocycles. The Bertz CT molecular complexity index is 440. The Hall–Kier alpha value is -1.77. The van der Waals surface area contributed by atoms with E-state index in [0.717, 1.165) is 16.7 Å². The second kappa shape index (κ2) is 2.94. The quantitative estimate of drug-likeness (QED) is 0.720. The molecular formula is C10H9NO2. The molecule has 0 radical (unpaired) electrons. The number of pyridine rings is 1. The van der Waals surface area contributed by atoms with Gasteiger partial charge in [0.15, 0.2) is 0 Å². The Kier molecular flexibility index (Phi) is 1.77. The summed E-state index contributed by atoms with van der Waals surface area (Å²) >= 11 is 0. The number of nitrogens with zero attached hydrogens (tertiary/aromatic N) is 1. The highest BCUT2D eigenvalue weighted by atomic mass is 16.5. The van der Waals surface area contributed by atoms with E-state index in [0.29, 0.717) is 0 Å². The first-order valence-electron chi connectivity index (χ1n) is 3.92. The number of methoxy groups -OCH3 is 1. The van der Waals surface area contributed by atoms with Crippen LogP contribution >= 0.6 is 0 Å². The topological polar surface area (TPSA) is 42.4 Å². The second-order valence-electron chi connectivity index (χ2n) is 2.75. The van der Waals surface area contributed by atoms with Crippen LogP contribution in [0.1, 0.15) is 0 Å². The SMILES string of the molecule is COc1cnc2cc(O)ccc2c1. The molecule has 1 N–H and O–H groups in total. The molecule has 1 aromatic carbocycles. The number of phenolic OH excluding ortho intramolecular Hbond substituents is 1. The van der Waals surface area contributed by atoms with Gasteiger partial charge in [-0.15, -0.1) is 0 Å². The zero-order chi connectivity index (χ0) is 9.26. The highest BCUT2D eigenvalue weighted by Gasteiger charge is 1.98. The van der Waals surface area contributed by atoms with E-state index in [9.17, 15) is 5.11 Å². The van der Waals surface area contributed by atoms with E-state index in [4.69, 9.17) is 4.74 Å². The van der Waals surface area contributed by atoms with Crippen molar-refractivity contribution in [3.8, 4) is 11.5 Å². The number of aromatic nitrogens is 1. The molecule has 0 aliphatic heterocycles. The molecule has 0 aliphatic rings. The summed E-state index contributed by atoms with van der Waals surface area (Å²) in [6, 6.07) is 6.93. The summed E-state index contributed by atoms with van der Waals surface area (Å²) in [6.07, 6.45) is 1.63. The van der Waals surface area contributed by atoms with Gasteiger partial charge in [0.2, 0.25) is 0 Å². The Morgan fingerprint density at radius 2 is 2.15 bits per heavy atom. The smallest absolute Gasteiger partial charge is 0.137 e. The van der Waals surface area contributed by atoms with E-state index in [1.165, 1.54) is 0 Å². The first-order chi connectivity index (χ1) is 6.29. The molecule has 2 rings (SSSR count). The maximum Gasteiger partial charge on any atom is 0.137 e. The van der Waals surface area contributed by atoms with Crippen molar-refractivity contribution in [2.45, 2.75) is 0 Å². The number of rotatable bonds is 1. The molecule has 0 amide bonds. The van der Waals surface area contributed by atoms with Crippen molar-refractivity contribution in [3.63, 3.8) is 0 Å². The lowest BCUT2D eigenvalue weighted by atomic mass is 10.2. The van der Waals surface area contributed by atoms with Gasteiger partial charge in [-0.3, -0.25) is 4.98 Å². The van der Waals surface area contributed by atoms with Gasteiger partial charge in [-0.2, -0.15) is 0 Å². The van der Waals surface area contributed by atoms with Crippen molar-refractivity contribution >= 4 is 10.9 Å². The largest absolute Gasteiger partial charge is 0.508 e. The lowest BCUT2D eigenvalue weighted by molar-refractivity contribution is 0.413. The minimum absolute atomic E-state index is 0.227. The van der Waals surface area contributed by atoms with E-state index >= 15 is 0 Å². The fraction of sp³-hybridized carbons (Fsp3) is 0.100. The van der Waals surface area contributed by atoms with Gasteiger partial charge >= 0.3 is 0 Å². The van der Waals surface area contributed by atoms with Crippen LogP contribution in [-0.2, 0) is 0 Å². The third-order valence-electron chi connectivity index (χ3n) is 1.88. The molecule has 2 aromatic rings. The molecule has 0 atom stereocenters. The lowest BCUT2D eigenvalue weighted by Gasteiger charge is -2.01. The minimum atomic E-state index is 0.227. The Morgan fingerprint density at radius 1 is 1.31 bits per heavy atom. The molecule has 0 unspecified atom stereocenters. The molecule has 3 heteroatoms. The Labute approximate surface area is 75.6 Å². The van der Waals surface area contributed by atoms with Crippen molar-refractivity contribution in [3.05, 3.63) is 30.5 Å². The van der Waals surface area contributed by atoms with E-state index in [2.05, 4.69) is 4.98 Å². The monoisotopic (exact) mass is 175 g/mol. The van der Waals surface area contributed by atoms with Crippen LogP contribution in [0.2, 0.25) is 0 Å². The first kappa shape index (κ1) is 7.86. The summed E-state index contributed by atoms with van der Waals surface area (Å²) in [4.78, 5) is 4.13. The summed E-state index contributed by atoms with van der Waals surface area (Å²) < 4.78 is 5.03. The van der Waals surface area contributed by atoms with Crippen LogP contribution in [0, 0.1) is 0 Å². The molecule has 13 heavy (non-hydrogen) atoms. The van der Waals surface area contributed by atoms with Crippen molar-refractivity contribution in [1.82, 2.24) is 4.98 Å². The number of hydrogen-bond acceptors (Lipinski definition) is 3.